The lowest BCUT2D eigenvalue weighted by Crippen LogP contribution is -2.00. The molecule has 0 spiro atoms. The molecule has 0 aliphatic heterocycles. The van der Waals surface area contributed by atoms with Crippen molar-refractivity contribution in [3.05, 3.63) is 82.6 Å². The Labute approximate surface area is 860 Å². The maximum atomic E-state index is 6.92. The molecule has 3 heterocycles. The fourth-order valence-electron chi connectivity index (χ4n) is 20.2. The van der Waals surface area contributed by atoms with E-state index < -0.39 is 0 Å². The monoisotopic (exact) mass is 1950 g/mol. The molecule has 0 unspecified atom stereocenters. The van der Waals surface area contributed by atoms with Gasteiger partial charge in [0.1, 0.15) is 34.5 Å². The second-order valence-corrected chi connectivity index (χ2v) is 45.8. The predicted molar refractivity (Wildman–Crippen MR) is 612 cm³/mol. The number of aryl methyl sites for hydroxylation is 2. The van der Waals surface area contributed by atoms with Gasteiger partial charge in [-0.1, -0.05) is 542 Å². The maximum Gasteiger partial charge on any atom is 0.123 e. The molecule has 3 aromatic heterocycles. The molecular formula is C128H216O6S3. The first-order valence-electron chi connectivity index (χ1n) is 60.4. The number of ether oxygens (including phenoxy) is 6. The van der Waals surface area contributed by atoms with Gasteiger partial charge >= 0.3 is 0 Å². The van der Waals surface area contributed by atoms with Gasteiger partial charge in [0.2, 0.25) is 0 Å². The standard InChI is InChI=1S/C128H216O6S3/c1-9-15-21-27-33-39-45-51-57-63-69-75-81-87-93-129-116-99-113(100-117(105-116)130-94-88-82-76-70-64-58-52-46-40-34-28-22-16-10-2)125-108-122(111(7)135-125)124-110-127(115-103-120(133-97-91-85-79-73-67-61-55-49-43-37-31-25-19-13-5)107-121(104-115)134-98-92-86-80-74-68-62-56-50-44-38-32-26-20-14-6)137-128(124)123-109-126(136-112(123)8)114-101-118(131-95-89-83-77-71-65-59-53-47-41-35-29-23-17-11-3)106-119(102-114)132-96-90-84-78-72-66-60-54-48-42-36-30-24-18-12-4/h99-110H,9-98H2,1-8H3. The number of hydrogen-bond acceptors (Lipinski definition) is 9. The molecule has 0 saturated carbocycles. The van der Waals surface area contributed by atoms with Crippen molar-refractivity contribution < 1.29 is 28.4 Å². The topological polar surface area (TPSA) is 55.4 Å². The highest BCUT2D eigenvalue weighted by Crippen LogP contribution is 2.52. The van der Waals surface area contributed by atoms with Crippen molar-refractivity contribution in [1.29, 1.82) is 0 Å². The zero-order valence-corrected chi connectivity index (χ0v) is 93.7. The maximum absolute atomic E-state index is 6.92. The zero-order chi connectivity index (χ0) is 96.9. The van der Waals surface area contributed by atoms with Crippen LogP contribution in [0.15, 0.2) is 72.8 Å². The Morgan fingerprint density at radius 1 is 0.146 bits per heavy atom. The molecule has 0 aliphatic carbocycles. The molecule has 0 aliphatic rings. The van der Waals surface area contributed by atoms with E-state index in [9.17, 15) is 0 Å². The summed E-state index contributed by atoms with van der Waals surface area (Å²) < 4.78 is 41.2. The van der Waals surface area contributed by atoms with Crippen molar-refractivity contribution in [1.82, 2.24) is 0 Å². The fraction of sp³-hybridized carbons (Fsp3) is 0.766. The molecule has 3 aromatic carbocycles. The lowest BCUT2D eigenvalue weighted by Gasteiger charge is -2.12. The molecule has 0 amide bonds. The number of unbranched alkanes of at least 4 members (excludes halogenated alkanes) is 78. The van der Waals surface area contributed by atoms with Gasteiger partial charge in [0.05, 0.1) is 39.6 Å². The molecule has 0 bridgehead atoms. The van der Waals surface area contributed by atoms with Gasteiger partial charge in [-0.15, -0.1) is 34.0 Å². The van der Waals surface area contributed by atoms with Crippen molar-refractivity contribution in [2.45, 2.75) is 595 Å². The molecule has 0 saturated heterocycles. The van der Waals surface area contributed by atoms with Crippen LogP contribution in [0.25, 0.3) is 52.9 Å². The van der Waals surface area contributed by atoms with Crippen molar-refractivity contribution >= 4 is 34.0 Å². The molecular weight excluding hydrogens is 1730 g/mol. The molecule has 0 N–H and O–H groups in total. The van der Waals surface area contributed by atoms with E-state index in [0.717, 1.165) is 105 Å². The Hall–Kier alpha value is -4.44. The Morgan fingerprint density at radius 2 is 0.285 bits per heavy atom. The summed E-state index contributed by atoms with van der Waals surface area (Å²) in [5, 5.41) is 0. The summed E-state index contributed by atoms with van der Waals surface area (Å²) in [6, 6.07) is 28.0. The predicted octanol–water partition coefficient (Wildman–Crippen LogP) is 46.0. The number of rotatable bonds is 101. The highest BCUT2D eigenvalue weighted by atomic mass is 32.1. The third kappa shape index (κ3) is 61.5. The second kappa shape index (κ2) is 87.0. The number of hydrogen-bond donors (Lipinski definition) is 0. The normalized spacial score (nSPS) is 11.6. The molecule has 9 heteroatoms. The van der Waals surface area contributed by atoms with Gasteiger partial charge in [-0.3, -0.25) is 0 Å². The minimum Gasteiger partial charge on any atom is -0.493 e. The largest absolute Gasteiger partial charge is 0.493 e. The molecule has 0 atom stereocenters. The van der Waals surface area contributed by atoms with E-state index >= 15 is 0 Å². The van der Waals surface area contributed by atoms with Crippen LogP contribution < -0.4 is 28.4 Å². The van der Waals surface area contributed by atoms with Gasteiger partial charge in [-0.2, -0.15) is 0 Å². The molecule has 0 fully saturated rings. The van der Waals surface area contributed by atoms with E-state index in [1.165, 1.54) is 558 Å². The summed E-state index contributed by atoms with van der Waals surface area (Å²) in [5.41, 5.74) is 7.35. The summed E-state index contributed by atoms with van der Waals surface area (Å²) in [7, 11) is 0. The van der Waals surface area contributed by atoms with E-state index in [2.05, 4.69) is 128 Å². The summed E-state index contributed by atoms with van der Waals surface area (Å²) in [5.74, 6) is 5.50. The molecule has 137 heavy (non-hydrogen) atoms. The molecule has 782 valence electrons. The van der Waals surface area contributed by atoms with Crippen LogP contribution in [0.5, 0.6) is 34.5 Å². The third-order valence-electron chi connectivity index (χ3n) is 29.2. The van der Waals surface area contributed by atoms with E-state index in [4.69, 9.17) is 28.4 Å². The van der Waals surface area contributed by atoms with Crippen LogP contribution >= 0.6 is 34.0 Å². The molecule has 6 nitrogen and oxygen atoms in total. The lowest BCUT2D eigenvalue weighted by molar-refractivity contribution is 0.289. The van der Waals surface area contributed by atoms with Crippen molar-refractivity contribution in [2.24, 2.45) is 0 Å². The first-order valence-corrected chi connectivity index (χ1v) is 62.8. The number of thiophene rings is 3. The highest BCUT2D eigenvalue weighted by molar-refractivity contribution is 7.21. The highest BCUT2D eigenvalue weighted by Gasteiger charge is 2.24. The van der Waals surface area contributed by atoms with Crippen molar-refractivity contribution in [2.75, 3.05) is 39.6 Å². The van der Waals surface area contributed by atoms with Gasteiger partial charge in [0.25, 0.3) is 0 Å². The Bertz CT molecular complexity index is 3350. The summed E-state index contributed by atoms with van der Waals surface area (Å²) in [4.78, 5) is 7.64. The van der Waals surface area contributed by atoms with Crippen LogP contribution in [0, 0.1) is 13.8 Å². The van der Waals surface area contributed by atoms with E-state index in [1.54, 1.807) is 0 Å². The van der Waals surface area contributed by atoms with Gasteiger partial charge in [0.15, 0.2) is 0 Å². The SMILES string of the molecule is CCCCCCCCCCCCCCCCOc1cc(OCCCCCCCCCCCCCCCC)cc(-c2cc(-c3cc(-c4cc(OCCCCCCCCCCCCCCCC)cc(OCCCCCCCCCCCCCCCC)c4)sc3-c3cc(-c4cc(OCCCCCCCCCCCCCCCC)cc(OCCCCCCCCCCCCCCCC)c4)sc3C)c(C)s2)c1. The minimum absolute atomic E-state index is 0.713. The number of benzene rings is 3. The average Bonchev–Trinajstić information content (AvgIpc) is 1.61. The Balaban J connectivity index is 1.30. The van der Waals surface area contributed by atoms with Crippen molar-refractivity contribution in [3.63, 3.8) is 0 Å². The van der Waals surface area contributed by atoms with Gasteiger partial charge in [-0.05, 0) is 129 Å². The van der Waals surface area contributed by atoms with Gasteiger partial charge in [-0.25, -0.2) is 0 Å². The van der Waals surface area contributed by atoms with Crippen LogP contribution in [-0.2, 0) is 0 Å². The van der Waals surface area contributed by atoms with Gasteiger partial charge < -0.3 is 28.4 Å². The molecule has 6 rings (SSSR count). The summed E-state index contributed by atoms with van der Waals surface area (Å²) in [6.45, 7) is 22.9. The third-order valence-corrected chi connectivity index (χ3v) is 32.6. The first-order chi connectivity index (χ1) is 67.8. The smallest absolute Gasteiger partial charge is 0.123 e. The van der Waals surface area contributed by atoms with E-state index in [1.807, 2.05) is 34.0 Å². The lowest BCUT2D eigenvalue weighted by atomic mass is 10.0. The van der Waals surface area contributed by atoms with E-state index in [-0.39, 0.29) is 0 Å². The van der Waals surface area contributed by atoms with Crippen LogP contribution in [-0.4, -0.2) is 39.6 Å². The summed E-state index contributed by atoms with van der Waals surface area (Å²) in [6.07, 6.45) is 113. The van der Waals surface area contributed by atoms with Gasteiger partial charge in [0, 0.05) is 58.6 Å². The minimum atomic E-state index is 0.713. The zero-order valence-electron chi connectivity index (χ0n) is 91.2. The quantitative estimate of drug-likeness (QED) is 0.0355. The fourth-order valence-corrected chi connectivity index (χ4v) is 23.6. The van der Waals surface area contributed by atoms with Crippen LogP contribution in [0.1, 0.15) is 591 Å². The molecule has 6 aromatic rings. The second-order valence-electron chi connectivity index (χ2n) is 42.3. The van der Waals surface area contributed by atoms with Crippen LogP contribution in [0.2, 0.25) is 0 Å². The van der Waals surface area contributed by atoms with Crippen molar-refractivity contribution in [3.8, 4) is 87.4 Å². The van der Waals surface area contributed by atoms with E-state index in [0.29, 0.717) is 13.2 Å². The van der Waals surface area contributed by atoms with Crippen LogP contribution in [0.4, 0.5) is 0 Å². The first kappa shape index (κ1) is 121. The summed E-state index contributed by atoms with van der Waals surface area (Å²) >= 11 is 5.76. The Morgan fingerprint density at radius 3 is 0.460 bits per heavy atom. The van der Waals surface area contributed by atoms with Crippen LogP contribution in [0.3, 0.4) is 0 Å². The Kier molecular flexibility index (Phi) is 77.0. The average molecular weight is 1950 g/mol. The molecule has 0 radical (unpaired) electrons.